The van der Waals surface area contributed by atoms with Crippen LogP contribution in [0.4, 0.5) is 0 Å². The molecule has 5 heteroatoms. The molecule has 0 aliphatic carbocycles. The third-order valence-electron chi connectivity index (χ3n) is 4.93. The van der Waals surface area contributed by atoms with E-state index in [9.17, 15) is 4.79 Å². The minimum absolute atomic E-state index is 0.0286. The Hall–Kier alpha value is -2.66. The van der Waals surface area contributed by atoms with Gasteiger partial charge in [-0.3, -0.25) is 4.79 Å². The molecule has 25 heavy (non-hydrogen) atoms. The monoisotopic (exact) mass is 334 g/mol. The number of hydrogen-bond acceptors (Lipinski definition) is 3. The number of benzene rings is 2. The Morgan fingerprint density at radius 3 is 2.68 bits per heavy atom. The van der Waals surface area contributed by atoms with Crippen molar-refractivity contribution in [3.8, 4) is 0 Å². The van der Waals surface area contributed by atoms with Gasteiger partial charge >= 0.3 is 0 Å². The highest BCUT2D eigenvalue weighted by atomic mass is 16.2. The molecule has 4 rings (SSSR count). The number of carbonyl (C=O) groups is 1. The lowest BCUT2D eigenvalue weighted by atomic mass is 10.0. The van der Waals surface area contributed by atoms with E-state index in [0.717, 1.165) is 41.9 Å². The number of fused-ring (bicyclic) bond motifs is 1. The fourth-order valence-electron chi connectivity index (χ4n) is 3.50. The summed E-state index contributed by atoms with van der Waals surface area (Å²) in [5.74, 6) is 0.971. The number of para-hydroxylation sites is 2. The number of aryl methyl sites for hydroxylation is 1. The average Bonchev–Trinajstić information content (AvgIpc) is 3.29. The Bertz CT molecular complexity index is 881. The van der Waals surface area contributed by atoms with Crippen LogP contribution in [0, 0.1) is 5.92 Å². The fourth-order valence-corrected chi connectivity index (χ4v) is 3.50. The van der Waals surface area contributed by atoms with E-state index in [2.05, 4.69) is 21.3 Å². The molecule has 2 heterocycles. The quantitative estimate of drug-likeness (QED) is 0.770. The Balaban J connectivity index is 1.74. The molecule has 0 bridgehead atoms. The van der Waals surface area contributed by atoms with Gasteiger partial charge in [-0.25, -0.2) is 4.98 Å². The predicted octanol–water partition coefficient (Wildman–Crippen LogP) is 2.39. The third kappa shape index (κ3) is 3.03. The van der Waals surface area contributed by atoms with E-state index >= 15 is 0 Å². The minimum Gasteiger partial charge on any atom is -0.342 e. The second-order valence-electron chi connectivity index (χ2n) is 6.56. The highest BCUT2D eigenvalue weighted by Gasteiger charge is 2.28. The van der Waals surface area contributed by atoms with Crippen LogP contribution in [0.25, 0.3) is 11.0 Å². The summed E-state index contributed by atoms with van der Waals surface area (Å²) < 4.78 is 2.07. The lowest BCUT2D eigenvalue weighted by Gasteiger charge is -2.21. The topological polar surface area (TPSA) is 59.0 Å². The standard InChI is InChI=1S/C20H22N4O/c1-24-17-10-6-5-9-16(17)22-19(24)18(14-7-3-2-4-8-14)23-20(25)15-11-12-21-13-15/h2-10,15,18,21H,11-13H2,1H3,(H,23,25). The molecule has 0 saturated carbocycles. The summed E-state index contributed by atoms with van der Waals surface area (Å²) in [5, 5.41) is 6.49. The Morgan fingerprint density at radius 1 is 1.20 bits per heavy atom. The average molecular weight is 334 g/mol. The first-order valence-electron chi connectivity index (χ1n) is 8.71. The molecule has 1 fully saturated rings. The number of amides is 1. The molecule has 2 atom stereocenters. The van der Waals surface area contributed by atoms with Crippen LogP contribution in [0.15, 0.2) is 54.6 Å². The highest BCUT2D eigenvalue weighted by Crippen LogP contribution is 2.25. The van der Waals surface area contributed by atoms with E-state index < -0.39 is 0 Å². The molecule has 1 saturated heterocycles. The maximum absolute atomic E-state index is 12.7. The van der Waals surface area contributed by atoms with E-state index in [1.165, 1.54) is 0 Å². The van der Waals surface area contributed by atoms with Crippen LogP contribution in [0.1, 0.15) is 23.9 Å². The van der Waals surface area contributed by atoms with Crippen molar-refractivity contribution >= 4 is 16.9 Å². The summed E-state index contributed by atoms with van der Waals surface area (Å²) in [4.78, 5) is 17.5. The van der Waals surface area contributed by atoms with E-state index in [4.69, 9.17) is 4.98 Å². The van der Waals surface area contributed by atoms with Crippen LogP contribution in [0.2, 0.25) is 0 Å². The van der Waals surface area contributed by atoms with Gasteiger partial charge in [0.25, 0.3) is 0 Å². The molecule has 1 amide bonds. The number of aromatic nitrogens is 2. The number of nitrogens with one attached hydrogen (secondary N) is 2. The molecule has 0 spiro atoms. The first-order valence-corrected chi connectivity index (χ1v) is 8.71. The van der Waals surface area contributed by atoms with E-state index in [-0.39, 0.29) is 17.9 Å². The van der Waals surface area contributed by atoms with E-state index in [0.29, 0.717) is 0 Å². The normalized spacial score (nSPS) is 18.4. The number of rotatable bonds is 4. The van der Waals surface area contributed by atoms with Crippen molar-refractivity contribution in [1.82, 2.24) is 20.2 Å². The number of carbonyl (C=O) groups excluding carboxylic acids is 1. The maximum atomic E-state index is 12.7. The summed E-state index contributed by atoms with van der Waals surface area (Å²) >= 11 is 0. The van der Waals surface area contributed by atoms with Gasteiger partial charge in [-0.2, -0.15) is 0 Å². The van der Waals surface area contributed by atoms with Crippen molar-refractivity contribution in [3.05, 3.63) is 66.0 Å². The fraction of sp³-hybridized carbons (Fsp3) is 0.300. The summed E-state index contributed by atoms with van der Waals surface area (Å²) in [7, 11) is 2.00. The Kier molecular flexibility index (Phi) is 4.24. The SMILES string of the molecule is Cn1c(C(NC(=O)C2CCNC2)c2ccccc2)nc2ccccc21. The number of hydrogen-bond donors (Lipinski definition) is 2. The molecule has 0 radical (unpaired) electrons. The summed E-state index contributed by atoms with van der Waals surface area (Å²) in [6.07, 6.45) is 0.885. The van der Waals surface area contributed by atoms with Crippen LogP contribution in [-0.2, 0) is 11.8 Å². The highest BCUT2D eigenvalue weighted by molar-refractivity contribution is 5.81. The van der Waals surface area contributed by atoms with Gasteiger partial charge in [0.15, 0.2) is 0 Å². The lowest BCUT2D eigenvalue weighted by Crippen LogP contribution is -2.36. The van der Waals surface area contributed by atoms with Gasteiger partial charge in [-0.15, -0.1) is 0 Å². The second kappa shape index (κ2) is 6.69. The summed E-state index contributed by atoms with van der Waals surface area (Å²) in [6, 6.07) is 17.8. The van der Waals surface area contributed by atoms with Crippen molar-refractivity contribution in [2.45, 2.75) is 12.5 Å². The third-order valence-corrected chi connectivity index (χ3v) is 4.93. The summed E-state index contributed by atoms with van der Waals surface area (Å²) in [5.41, 5.74) is 3.05. The van der Waals surface area contributed by atoms with Crippen molar-refractivity contribution < 1.29 is 4.79 Å². The zero-order valence-electron chi connectivity index (χ0n) is 14.3. The lowest BCUT2D eigenvalue weighted by molar-refractivity contribution is -0.125. The van der Waals surface area contributed by atoms with Crippen LogP contribution in [-0.4, -0.2) is 28.5 Å². The van der Waals surface area contributed by atoms with Gasteiger partial charge in [-0.05, 0) is 30.7 Å². The molecular formula is C20H22N4O. The second-order valence-corrected chi connectivity index (χ2v) is 6.56. The molecule has 2 aromatic carbocycles. The van der Waals surface area contributed by atoms with Crippen LogP contribution >= 0.6 is 0 Å². The van der Waals surface area contributed by atoms with Gasteiger partial charge in [0.1, 0.15) is 11.9 Å². The smallest absolute Gasteiger partial charge is 0.225 e. The van der Waals surface area contributed by atoms with Crippen LogP contribution in [0.3, 0.4) is 0 Å². The molecule has 2 unspecified atom stereocenters. The van der Waals surface area contributed by atoms with Crippen molar-refractivity contribution in [3.63, 3.8) is 0 Å². The van der Waals surface area contributed by atoms with Gasteiger partial charge in [0.2, 0.25) is 5.91 Å². The first kappa shape index (κ1) is 15.8. The molecule has 1 aliphatic heterocycles. The van der Waals surface area contributed by atoms with E-state index in [1.54, 1.807) is 0 Å². The Morgan fingerprint density at radius 2 is 1.96 bits per heavy atom. The van der Waals surface area contributed by atoms with Crippen LogP contribution < -0.4 is 10.6 Å². The summed E-state index contributed by atoms with van der Waals surface area (Å²) in [6.45, 7) is 1.65. The van der Waals surface area contributed by atoms with E-state index in [1.807, 2.05) is 55.6 Å². The van der Waals surface area contributed by atoms with Gasteiger partial charge in [-0.1, -0.05) is 42.5 Å². The molecule has 5 nitrogen and oxygen atoms in total. The van der Waals surface area contributed by atoms with Gasteiger partial charge < -0.3 is 15.2 Å². The molecule has 1 aromatic heterocycles. The molecule has 128 valence electrons. The number of nitrogens with zero attached hydrogens (tertiary/aromatic N) is 2. The predicted molar refractivity (Wildman–Crippen MR) is 98.1 cm³/mol. The number of imidazole rings is 1. The molecular weight excluding hydrogens is 312 g/mol. The zero-order valence-corrected chi connectivity index (χ0v) is 14.3. The van der Waals surface area contributed by atoms with Crippen molar-refractivity contribution in [2.75, 3.05) is 13.1 Å². The Labute approximate surface area is 147 Å². The van der Waals surface area contributed by atoms with Crippen molar-refractivity contribution in [2.24, 2.45) is 13.0 Å². The first-order chi connectivity index (χ1) is 12.2. The van der Waals surface area contributed by atoms with Gasteiger partial charge in [0.05, 0.1) is 17.0 Å². The molecule has 1 aliphatic rings. The maximum Gasteiger partial charge on any atom is 0.225 e. The minimum atomic E-state index is -0.258. The molecule has 2 N–H and O–H groups in total. The van der Waals surface area contributed by atoms with Crippen molar-refractivity contribution in [1.29, 1.82) is 0 Å². The molecule has 3 aromatic rings. The van der Waals surface area contributed by atoms with Gasteiger partial charge in [0, 0.05) is 13.6 Å². The largest absolute Gasteiger partial charge is 0.342 e. The zero-order chi connectivity index (χ0) is 17.2. The van der Waals surface area contributed by atoms with Crippen LogP contribution in [0.5, 0.6) is 0 Å².